The molecule has 0 aliphatic carbocycles. The smallest absolute Gasteiger partial charge is 0.261 e. The van der Waals surface area contributed by atoms with Gasteiger partial charge in [-0.15, -0.1) is 22.7 Å². The van der Waals surface area contributed by atoms with Crippen LogP contribution in [-0.4, -0.2) is 24.9 Å². The van der Waals surface area contributed by atoms with Crippen LogP contribution in [-0.2, 0) is 0 Å². The van der Waals surface area contributed by atoms with Crippen molar-refractivity contribution in [1.29, 1.82) is 0 Å². The highest BCUT2D eigenvalue weighted by Crippen LogP contribution is 2.25. The van der Waals surface area contributed by atoms with E-state index in [-0.39, 0.29) is 17.1 Å². The summed E-state index contributed by atoms with van der Waals surface area (Å²) in [5.74, 6) is 0.694. The molecule has 29 heavy (non-hydrogen) atoms. The molecule has 0 amide bonds. The van der Waals surface area contributed by atoms with Crippen LogP contribution in [0, 0.1) is 13.8 Å². The van der Waals surface area contributed by atoms with Crippen molar-refractivity contribution in [3.8, 4) is 11.5 Å². The van der Waals surface area contributed by atoms with Crippen LogP contribution in [0.4, 0.5) is 5.95 Å². The molecule has 4 N–H and O–H groups in total. The van der Waals surface area contributed by atoms with Crippen molar-refractivity contribution in [2.45, 2.75) is 13.8 Å². The van der Waals surface area contributed by atoms with Gasteiger partial charge in [-0.05, 0) is 43.0 Å². The van der Waals surface area contributed by atoms with Gasteiger partial charge in [0.05, 0.1) is 10.8 Å². The number of aromatic nitrogens is 5. The van der Waals surface area contributed by atoms with E-state index in [1.807, 2.05) is 37.4 Å². The molecule has 5 heterocycles. The molecule has 0 spiro atoms. The minimum atomic E-state index is -0.149. The van der Waals surface area contributed by atoms with Crippen molar-refractivity contribution in [3.05, 3.63) is 67.0 Å². The normalized spacial score (nSPS) is 10.8. The Hall–Kier alpha value is -3.37. The van der Waals surface area contributed by atoms with E-state index < -0.39 is 0 Å². The van der Waals surface area contributed by atoms with E-state index in [1.165, 1.54) is 22.7 Å². The molecule has 8 nitrogen and oxygen atoms in total. The van der Waals surface area contributed by atoms with Gasteiger partial charge in [-0.2, -0.15) is 0 Å². The summed E-state index contributed by atoms with van der Waals surface area (Å²) < 4.78 is 0. The molecular weight excluding hydrogens is 408 g/mol. The maximum atomic E-state index is 11.7. The minimum Gasteiger partial charge on any atom is -0.369 e. The number of thiophene rings is 2. The highest BCUT2D eigenvalue weighted by atomic mass is 32.1. The molecule has 0 aliphatic rings. The van der Waals surface area contributed by atoms with Gasteiger partial charge in [0.1, 0.15) is 15.4 Å². The van der Waals surface area contributed by atoms with Gasteiger partial charge in [-0.1, -0.05) is 6.07 Å². The molecule has 0 fully saturated rings. The Morgan fingerprint density at radius 2 is 1.83 bits per heavy atom. The molecule has 5 aromatic heterocycles. The maximum Gasteiger partial charge on any atom is 0.261 e. The van der Waals surface area contributed by atoms with Crippen molar-refractivity contribution < 1.29 is 0 Å². The Labute approximate surface area is 172 Å². The number of aromatic amines is 2. The van der Waals surface area contributed by atoms with Crippen LogP contribution in [0.2, 0.25) is 0 Å². The summed E-state index contributed by atoms with van der Waals surface area (Å²) >= 11 is 2.95. The number of hydrogen-bond donors (Lipinski definition) is 3. The van der Waals surface area contributed by atoms with E-state index in [2.05, 4.69) is 24.9 Å². The number of nitrogens with one attached hydrogen (secondary N) is 2. The average molecular weight is 425 g/mol. The third-order valence-corrected chi connectivity index (χ3v) is 6.21. The van der Waals surface area contributed by atoms with E-state index in [9.17, 15) is 9.59 Å². The third-order valence-electron chi connectivity index (χ3n) is 4.30. The monoisotopic (exact) mass is 424 g/mol. The van der Waals surface area contributed by atoms with Crippen molar-refractivity contribution in [2.24, 2.45) is 0 Å². The van der Waals surface area contributed by atoms with E-state index in [1.54, 1.807) is 12.3 Å². The number of aryl methyl sites for hydroxylation is 2. The van der Waals surface area contributed by atoms with Crippen LogP contribution < -0.4 is 16.9 Å². The first-order valence-electron chi connectivity index (χ1n) is 8.58. The van der Waals surface area contributed by atoms with Gasteiger partial charge < -0.3 is 10.7 Å². The molecular formula is C19H16N6O2S2. The molecule has 0 saturated carbocycles. The van der Waals surface area contributed by atoms with Crippen LogP contribution >= 0.6 is 22.7 Å². The number of H-pyrrole nitrogens is 2. The number of hydrogen-bond acceptors (Lipinski definition) is 8. The molecule has 0 bridgehead atoms. The number of nitrogen functional groups attached to an aromatic ring is 1. The van der Waals surface area contributed by atoms with Gasteiger partial charge in [0.25, 0.3) is 11.1 Å². The second-order valence-electron chi connectivity index (χ2n) is 6.18. The Morgan fingerprint density at radius 1 is 1.00 bits per heavy atom. The average Bonchev–Trinajstić information content (AvgIpc) is 3.28. The second-order valence-corrected chi connectivity index (χ2v) is 8.28. The first-order valence-corrected chi connectivity index (χ1v) is 10.3. The first-order chi connectivity index (χ1) is 13.9. The Morgan fingerprint density at radius 3 is 2.59 bits per heavy atom. The lowest BCUT2D eigenvalue weighted by Crippen LogP contribution is -2.10. The summed E-state index contributed by atoms with van der Waals surface area (Å²) in [7, 11) is 0. The molecule has 146 valence electrons. The van der Waals surface area contributed by atoms with Crippen LogP contribution in [0.15, 0.2) is 45.4 Å². The van der Waals surface area contributed by atoms with E-state index in [4.69, 9.17) is 5.73 Å². The number of fused-ring (bicyclic) bond motifs is 2. The fraction of sp³-hybridized carbons (Fsp3) is 0.105. The number of nitrogens with zero attached hydrogens (tertiary/aromatic N) is 3. The van der Waals surface area contributed by atoms with E-state index in [0.717, 1.165) is 20.1 Å². The van der Waals surface area contributed by atoms with E-state index in [0.29, 0.717) is 22.3 Å². The maximum absolute atomic E-state index is 11.7. The van der Waals surface area contributed by atoms with Crippen molar-refractivity contribution in [3.63, 3.8) is 0 Å². The zero-order chi connectivity index (χ0) is 20.5. The van der Waals surface area contributed by atoms with Gasteiger partial charge in [0.15, 0.2) is 5.82 Å². The minimum absolute atomic E-state index is 0.119. The summed E-state index contributed by atoms with van der Waals surface area (Å²) in [6.07, 6.45) is 1.67. The molecule has 0 saturated heterocycles. The predicted molar refractivity (Wildman–Crippen MR) is 118 cm³/mol. The second kappa shape index (κ2) is 7.57. The van der Waals surface area contributed by atoms with Gasteiger partial charge in [-0.25, -0.2) is 9.97 Å². The van der Waals surface area contributed by atoms with Gasteiger partial charge in [0.2, 0.25) is 5.95 Å². The fourth-order valence-electron chi connectivity index (χ4n) is 2.76. The highest BCUT2D eigenvalue weighted by Gasteiger charge is 2.10. The van der Waals surface area contributed by atoms with Crippen LogP contribution in [0.3, 0.4) is 0 Å². The molecule has 0 aromatic carbocycles. The number of rotatable bonds is 1. The fourth-order valence-corrected chi connectivity index (χ4v) is 4.56. The molecule has 5 rings (SSSR count). The zero-order valence-corrected chi connectivity index (χ0v) is 17.1. The van der Waals surface area contributed by atoms with Crippen molar-refractivity contribution in [2.75, 3.05) is 5.73 Å². The lowest BCUT2D eigenvalue weighted by atomic mass is 10.2. The summed E-state index contributed by atoms with van der Waals surface area (Å²) in [4.78, 5) is 43.5. The number of pyridine rings is 1. The highest BCUT2D eigenvalue weighted by molar-refractivity contribution is 7.18. The summed E-state index contributed by atoms with van der Waals surface area (Å²) in [5.41, 5.74) is 6.83. The lowest BCUT2D eigenvalue weighted by Gasteiger charge is -1.98. The Balaban J connectivity index is 0.000000145. The summed E-state index contributed by atoms with van der Waals surface area (Å²) in [5, 5.41) is 3.15. The predicted octanol–water partition coefficient (Wildman–Crippen LogP) is 3.23. The quantitative estimate of drug-likeness (QED) is 0.379. The van der Waals surface area contributed by atoms with Crippen molar-refractivity contribution >= 4 is 49.1 Å². The largest absolute Gasteiger partial charge is 0.369 e. The van der Waals surface area contributed by atoms with Crippen LogP contribution in [0.25, 0.3) is 32.0 Å². The summed E-state index contributed by atoms with van der Waals surface area (Å²) in [6, 6.07) is 7.28. The molecule has 0 unspecified atom stereocenters. The first kappa shape index (κ1) is 19.0. The Kier molecular flexibility index (Phi) is 4.95. The van der Waals surface area contributed by atoms with Crippen LogP contribution in [0.1, 0.15) is 10.4 Å². The van der Waals surface area contributed by atoms with Gasteiger partial charge >= 0.3 is 0 Å². The Bertz CT molecular complexity index is 1430. The van der Waals surface area contributed by atoms with Crippen molar-refractivity contribution in [1.82, 2.24) is 24.9 Å². The molecule has 0 atom stereocenters. The van der Waals surface area contributed by atoms with Gasteiger partial charge in [0, 0.05) is 11.1 Å². The lowest BCUT2D eigenvalue weighted by molar-refractivity contribution is 1.15. The number of anilines is 1. The molecule has 0 aliphatic heterocycles. The zero-order valence-electron chi connectivity index (χ0n) is 15.5. The molecule has 0 radical (unpaired) electrons. The summed E-state index contributed by atoms with van der Waals surface area (Å²) in [6.45, 7) is 3.89. The molecule has 10 heteroatoms. The topological polar surface area (TPSA) is 130 Å². The van der Waals surface area contributed by atoms with Gasteiger partial charge in [-0.3, -0.25) is 19.6 Å². The SMILES string of the molecule is Cc1sc2nc(N)[nH]c(=O)c2c1C.O=c1[nH]c(-c2ccccn2)nc2sccc12. The van der Waals surface area contributed by atoms with E-state index >= 15 is 0 Å². The number of nitrogens with two attached hydrogens (primary N) is 1. The van der Waals surface area contributed by atoms with Crippen LogP contribution in [0.5, 0.6) is 0 Å². The third kappa shape index (κ3) is 3.67. The molecule has 5 aromatic rings. The standard InChI is InChI=1S/C11H7N3OS.C8H9N3OS/c15-10-7-4-6-16-11(7)14-9(13-10)8-3-1-2-5-12-8;1-3-4(2)13-7-5(3)6(12)10-8(9)11-7/h1-6H,(H,13,14,15);1-2H3,(H3,9,10,11,12).